The lowest BCUT2D eigenvalue weighted by molar-refractivity contribution is 0.490. The molecule has 0 atom stereocenters. The molecule has 2 aromatic heterocycles. The third kappa shape index (κ3) is 3.10. The van der Waals surface area contributed by atoms with E-state index in [0.717, 1.165) is 24.2 Å². The maximum absolute atomic E-state index is 5.00. The molecule has 0 amide bonds. The largest absolute Gasteiger partial charge is 0.472 e. The number of tetrazole rings is 1. The van der Waals surface area contributed by atoms with E-state index in [-0.39, 0.29) is 0 Å². The normalized spacial score (nSPS) is 10.8. The van der Waals surface area contributed by atoms with Crippen molar-refractivity contribution in [2.75, 3.05) is 6.54 Å². The number of aromatic nitrogens is 4. The fourth-order valence-electron chi connectivity index (χ4n) is 1.85. The van der Waals surface area contributed by atoms with Crippen LogP contribution in [0.25, 0.3) is 11.4 Å². The highest BCUT2D eigenvalue weighted by Gasteiger charge is 2.04. The molecule has 0 saturated carbocycles. The Morgan fingerprint density at radius 3 is 2.85 bits per heavy atom. The minimum absolute atomic E-state index is 0.653. The Kier molecular flexibility index (Phi) is 3.84. The summed E-state index contributed by atoms with van der Waals surface area (Å²) in [7, 11) is 0. The van der Waals surface area contributed by atoms with Gasteiger partial charge in [0.05, 0.1) is 19.1 Å². The first-order valence-corrected chi connectivity index (χ1v) is 6.47. The first-order chi connectivity index (χ1) is 9.92. The zero-order valence-corrected chi connectivity index (χ0v) is 10.9. The van der Waals surface area contributed by atoms with Gasteiger partial charge in [-0.2, -0.15) is 4.80 Å². The van der Waals surface area contributed by atoms with Crippen LogP contribution < -0.4 is 5.32 Å². The number of nitrogens with one attached hydrogen (secondary N) is 1. The molecule has 6 heteroatoms. The Balaban J connectivity index is 1.50. The van der Waals surface area contributed by atoms with Gasteiger partial charge in [-0.3, -0.25) is 0 Å². The summed E-state index contributed by atoms with van der Waals surface area (Å²) in [4.78, 5) is 1.60. The van der Waals surface area contributed by atoms with Crippen molar-refractivity contribution in [1.82, 2.24) is 25.5 Å². The van der Waals surface area contributed by atoms with Crippen LogP contribution in [-0.2, 0) is 13.1 Å². The standard InChI is InChI=1S/C14H15N5O/c1-2-4-13(5-3-1)14-16-18-19(17-14)8-7-15-10-12-6-9-20-11-12/h1-6,9,11,15H,7-8,10H2. The quantitative estimate of drug-likeness (QED) is 0.690. The van der Waals surface area contributed by atoms with Crippen LogP contribution in [0.3, 0.4) is 0 Å². The smallest absolute Gasteiger partial charge is 0.204 e. The Hall–Kier alpha value is -2.47. The number of hydrogen-bond donors (Lipinski definition) is 1. The predicted octanol–water partition coefficient (Wildman–Crippen LogP) is 1.72. The van der Waals surface area contributed by atoms with Gasteiger partial charge in [0.1, 0.15) is 0 Å². The van der Waals surface area contributed by atoms with Gasteiger partial charge in [0.2, 0.25) is 5.82 Å². The van der Waals surface area contributed by atoms with E-state index in [9.17, 15) is 0 Å². The summed E-state index contributed by atoms with van der Waals surface area (Å²) in [6, 6.07) is 11.8. The summed E-state index contributed by atoms with van der Waals surface area (Å²) in [5.74, 6) is 0.653. The molecular weight excluding hydrogens is 254 g/mol. The molecule has 0 saturated heterocycles. The van der Waals surface area contributed by atoms with Crippen molar-refractivity contribution >= 4 is 0 Å². The van der Waals surface area contributed by atoms with Crippen LogP contribution in [0.2, 0.25) is 0 Å². The van der Waals surface area contributed by atoms with Gasteiger partial charge in [-0.1, -0.05) is 30.3 Å². The molecule has 0 radical (unpaired) electrons. The highest BCUT2D eigenvalue weighted by atomic mass is 16.3. The highest BCUT2D eigenvalue weighted by Crippen LogP contribution is 2.11. The second kappa shape index (κ2) is 6.12. The van der Waals surface area contributed by atoms with Crippen LogP contribution in [-0.4, -0.2) is 26.8 Å². The fourth-order valence-corrected chi connectivity index (χ4v) is 1.85. The lowest BCUT2D eigenvalue weighted by atomic mass is 10.2. The topological polar surface area (TPSA) is 68.8 Å². The summed E-state index contributed by atoms with van der Waals surface area (Å²) in [6.07, 6.45) is 3.40. The molecule has 2 heterocycles. The molecule has 20 heavy (non-hydrogen) atoms. The first kappa shape index (κ1) is 12.6. The summed E-state index contributed by atoms with van der Waals surface area (Å²) in [5, 5.41) is 15.7. The molecule has 3 aromatic rings. The van der Waals surface area contributed by atoms with E-state index in [1.165, 1.54) is 0 Å². The molecule has 0 spiro atoms. The van der Waals surface area contributed by atoms with E-state index < -0.39 is 0 Å². The van der Waals surface area contributed by atoms with E-state index in [1.54, 1.807) is 17.3 Å². The summed E-state index contributed by atoms with van der Waals surface area (Å²) in [6.45, 7) is 2.23. The summed E-state index contributed by atoms with van der Waals surface area (Å²) in [5.41, 5.74) is 2.10. The Morgan fingerprint density at radius 1 is 1.15 bits per heavy atom. The number of rotatable bonds is 6. The van der Waals surface area contributed by atoms with Crippen molar-refractivity contribution in [3.05, 3.63) is 54.5 Å². The van der Waals surface area contributed by atoms with Crippen LogP contribution in [0.1, 0.15) is 5.56 Å². The molecular formula is C14H15N5O. The van der Waals surface area contributed by atoms with Crippen LogP contribution in [0.5, 0.6) is 0 Å². The molecule has 6 nitrogen and oxygen atoms in total. The molecule has 3 rings (SSSR count). The average molecular weight is 269 g/mol. The van der Waals surface area contributed by atoms with Crippen LogP contribution in [0, 0.1) is 0 Å². The SMILES string of the molecule is c1ccc(-c2nnn(CCNCc3ccoc3)n2)cc1. The molecule has 0 aliphatic carbocycles. The van der Waals surface area contributed by atoms with E-state index >= 15 is 0 Å². The second-order valence-electron chi connectivity index (χ2n) is 4.38. The van der Waals surface area contributed by atoms with E-state index in [0.29, 0.717) is 12.4 Å². The van der Waals surface area contributed by atoms with Crippen molar-refractivity contribution in [2.24, 2.45) is 0 Å². The molecule has 1 N–H and O–H groups in total. The zero-order valence-electron chi connectivity index (χ0n) is 10.9. The van der Waals surface area contributed by atoms with Crippen LogP contribution in [0.4, 0.5) is 0 Å². The number of furan rings is 1. The fraction of sp³-hybridized carbons (Fsp3) is 0.214. The van der Waals surface area contributed by atoms with Gasteiger partial charge >= 0.3 is 0 Å². The summed E-state index contributed by atoms with van der Waals surface area (Å²) < 4.78 is 5.00. The number of nitrogens with zero attached hydrogens (tertiary/aromatic N) is 4. The van der Waals surface area contributed by atoms with Gasteiger partial charge < -0.3 is 9.73 Å². The molecule has 0 aliphatic rings. The van der Waals surface area contributed by atoms with Gasteiger partial charge in [-0.15, -0.1) is 10.2 Å². The van der Waals surface area contributed by atoms with Crippen molar-refractivity contribution in [3.8, 4) is 11.4 Å². The van der Waals surface area contributed by atoms with Gasteiger partial charge in [0.25, 0.3) is 0 Å². The highest BCUT2D eigenvalue weighted by molar-refractivity contribution is 5.52. The molecule has 1 aromatic carbocycles. The average Bonchev–Trinajstić information content (AvgIpc) is 3.16. The van der Waals surface area contributed by atoms with Crippen molar-refractivity contribution in [1.29, 1.82) is 0 Å². The lowest BCUT2D eigenvalue weighted by Gasteiger charge is -2.01. The van der Waals surface area contributed by atoms with Crippen molar-refractivity contribution in [2.45, 2.75) is 13.1 Å². The van der Waals surface area contributed by atoms with E-state index in [1.807, 2.05) is 36.4 Å². The monoisotopic (exact) mass is 269 g/mol. The van der Waals surface area contributed by atoms with Crippen molar-refractivity contribution < 1.29 is 4.42 Å². The number of benzene rings is 1. The minimum atomic E-state index is 0.653. The first-order valence-electron chi connectivity index (χ1n) is 6.47. The van der Waals surface area contributed by atoms with Gasteiger partial charge in [0, 0.05) is 24.2 Å². The van der Waals surface area contributed by atoms with E-state index in [4.69, 9.17) is 4.42 Å². The molecule has 0 aliphatic heterocycles. The maximum Gasteiger partial charge on any atom is 0.204 e. The van der Waals surface area contributed by atoms with Crippen LogP contribution in [0.15, 0.2) is 53.3 Å². The summed E-state index contributed by atoms with van der Waals surface area (Å²) >= 11 is 0. The molecule has 0 fully saturated rings. The maximum atomic E-state index is 5.00. The van der Waals surface area contributed by atoms with Gasteiger partial charge in [0.15, 0.2) is 0 Å². The lowest BCUT2D eigenvalue weighted by Crippen LogP contribution is -2.20. The van der Waals surface area contributed by atoms with Crippen molar-refractivity contribution in [3.63, 3.8) is 0 Å². The minimum Gasteiger partial charge on any atom is -0.472 e. The second-order valence-corrected chi connectivity index (χ2v) is 4.38. The Labute approximate surface area is 116 Å². The van der Waals surface area contributed by atoms with E-state index in [2.05, 4.69) is 20.7 Å². The van der Waals surface area contributed by atoms with Crippen LogP contribution >= 0.6 is 0 Å². The number of hydrogen-bond acceptors (Lipinski definition) is 5. The van der Waals surface area contributed by atoms with Gasteiger partial charge in [-0.25, -0.2) is 0 Å². The molecule has 0 unspecified atom stereocenters. The third-order valence-electron chi connectivity index (χ3n) is 2.88. The Morgan fingerprint density at radius 2 is 2.05 bits per heavy atom. The zero-order chi connectivity index (χ0) is 13.6. The molecule has 102 valence electrons. The Bertz CT molecular complexity index is 633. The van der Waals surface area contributed by atoms with Gasteiger partial charge in [-0.05, 0) is 11.3 Å². The molecule has 0 bridgehead atoms. The third-order valence-corrected chi connectivity index (χ3v) is 2.88. The predicted molar refractivity (Wildman–Crippen MR) is 73.7 cm³/mol.